The van der Waals surface area contributed by atoms with E-state index in [-0.39, 0.29) is 18.6 Å². The molecule has 0 unspecified atom stereocenters. The smallest absolute Gasteiger partial charge is 0.231 e. The van der Waals surface area contributed by atoms with Gasteiger partial charge >= 0.3 is 0 Å². The highest BCUT2D eigenvalue weighted by molar-refractivity contribution is 5.81. The Labute approximate surface area is 165 Å². The van der Waals surface area contributed by atoms with Crippen molar-refractivity contribution >= 4 is 11.8 Å². The Hall–Kier alpha value is -2.50. The minimum atomic E-state index is 0.107. The predicted octanol–water partition coefficient (Wildman–Crippen LogP) is 2.23. The third-order valence-electron chi connectivity index (χ3n) is 6.55. The molecule has 148 valence electrons. The maximum atomic E-state index is 13.0. The highest BCUT2D eigenvalue weighted by Gasteiger charge is 2.41. The molecule has 2 amide bonds. The van der Waals surface area contributed by atoms with E-state index < -0.39 is 0 Å². The van der Waals surface area contributed by atoms with E-state index in [0.717, 1.165) is 37.1 Å². The van der Waals surface area contributed by atoms with Crippen molar-refractivity contribution in [3.05, 3.63) is 35.9 Å². The summed E-state index contributed by atoms with van der Waals surface area (Å²) in [5, 5.41) is 0. The molecule has 0 aromatic heterocycles. The lowest BCUT2D eigenvalue weighted by Crippen LogP contribution is -2.41. The Bertz CT molecular complexity index is 821. The van der Waals surface area contributed by atoms with E-state index in [9.17, 15) is 9.59 Å². The molecule has 3 atom stereocenters. The molecule has 28 heavy (non-hydrogen) atoms. The van der Waals surface area contributed by atoms with Crippen molar-refractivity contribution in [2.24, 2.45) is 17.8 Å². The number of allylic oxidation sites excluding steroid dienone is 2. The Kier molecular flexibility index (Phi) is 4.49. The number of carbonyl (C=O) groups excluding carboxylic acids is 2. The maximum absolute atomic E-state index is 13.0. The van der Waals surface area contributed by atoms with Crippen LogP contribution in [0, 0.1) is 17.8 Å². The number of carbonyl (C=O) groups is 2. The van der Waals surface area contributed by atoms with Crippen LogP contribution >= 0.6 is 0 Å². The van der Waals surface area contributed by atoms with Gasteiger partial charge in [-0.25, -0.2) is 0 Å². The molecule has 6 heteroatoms. The van der Waals surface area contributed by atoms with Gasteiger partial charge in [-0.1, -0.05) is 18.2 Å². The predicted molar refractivity (Wildman–Crippen MR) is 103 cm³/mol. The van der Waals surface area contributed by atoms with Gasteiger partial charge in [-0.05, 0) is 48.8 Å². The summed E-state index contributed by atoms with van der Waals surface area (Å²) in [5.41, 5.74) is 0.931. The van der Waals surface area contributed by atoms with Crippen molar-refractivity contribution in [2.45, 2.75) is 25.7 Å². The van der Waals surface area contributed by atoms with Gasteiger partial charge in [0.05, 0.1) is 6.42 Å². The number of rotatable bonds is 3. The van der Waals surface area contributed by atoms with Crippen molar-refractivity contribution in [3.8, 4) is 11.5 Å². The topological polar surface area (TPSA) is 59.1 Å². The first kappa shape index (κ1) is 17.6. The normalized spacial score (nSPS) is 27.9. The van der Waals surface area contributed by atoms with Crippen LogP contribution in [-0.2, 0) is 16.0 Å². The Balaban J connectivity index is 1.18. The second-order valence-corrected chi connectivity index (χ2v) is 8.31. The van der Waals surface area contributed by atoms with Gasteiger partial charge < -0.3 is 19.3 Å². The lowest BCUT2D eigenvalue weighted by atomic mass is 9.92. The summed E-state index contributed by atoms with van der Waals surface area (Å²) in [4.78, 5) is 29.7. The molecule has 1 saturated heterocycles. The summed E-state index contributed by atoms with van der Waals surface area (Å²) < 4.78 is 10.7. The van der Waals surface area contributed by atoms with Crippen LogP contribution in [0.2, 0.25) is 0 Å². The summed E-state index contributed by atoms with van der Waals surface area (Å²) in [7, 11) is 0. The van der Waals surface area contributed by atoms with Gasteiger partial charge in [0.25, 0.3) is 0 Å². The first-order valence-electron chi connectivity index (χ1n) is 10.3. The van der Waals surface area contributed by atoms with Crippen LogP contribution in [0.25, 0.3) is 0 Å². The molecule has 6 nitrogen and oxygen atoms in total. The molecular formula is C22H26N2O4. The van der Waals surface area contributed by atoms with Crippen LogP contribution < -0.4 is 9.47 Å². The lowest BCUT2D eigenvalue weighted by Gasteiger charge is -2.27. The molecule has 1 saturated carbocycles. The molecule has 2 heterocycles. The van der Waals surface area contributed by atoms with Gasteiger partial charge in [0.15, 0.2) is 11.5 Å². The van der Waals surface area contributed by atoms with Crippen molar-refractivity contribution in [2.75, 3.05) is 33.0 Å². The molecule has 2 bridgehead atoms. The standard InChI is InChI=1S/C22H26N2O4/c25-21(13-16-3-5-19-20(12-16)28-14-27-19)23-6-1-7-24(9-8-23)22(26)18-11-15-2-4-17(18)10-15/h2-5,12,15,17-18H,1,6-11,13-14H2/t15-,17+,18-/m1/s1. The number of hydrogen-bond donors (Lipinski definition) is 0. The highest BCUT2D eigenvalue weighted by Crippen LogP contribution is 2.44. The number of ether oxygens (including phenoxy) is 2. The average Bonchev–Trinajstić information content (AvgIpc) is 3.40. The Morgan fingerprint density at radius 3 is 2.61 bits per heavy atom. The minimum absolute atomic E-state index is 0.107. The van der Waals surface area contributed by atoms with Gasteiger partial charge in [-0.15, -0.1) is 0 Å². The first-order chi connectivity index (χ1) is 13.7. The molecule has 2 aliphatic carbocycles. The summed E-state index contributed by atoms with van der Waals surface area (Å²) in [5.74, 6) is 3.03. The molecule has 2 aliphatic heterocycles. The van der Waals surface area contributed by atoms with E-state index in [2.05, 4.69) is 12.2 Å². The third-order valence-corrected chi connectivity index (χ3v) is 6.55. The monoisotopic (exact) mass is 382 g/mol. The zero-order valence-corrected chi connectivity index (χ0v) is 16.0. The van der Waals surface area contributed by atoms with E-state index in [1.807, 2.05) is 28.0 Å². The number of hydrogen-bond acceptors (Lipinski definition) is 4. The molecule has 0 N–H and O–H groups in total. The van der Waals surface area contributed by atoms with Crippen LogP contribution in [0.1, 0.15) is 24.8 Å². The van der Waals surface area contributed by atoms with Gasteiger partial charge in [-0.2, -0.15) is 0 Å². The lowest BCUT2D eigenvalue weighted by molar-refractivity contribution is -0.137. The van der Waals surface area contributed by atoms with E-state index in [1.54, 1.807) is 0 Å². The number of fused-ring (bicyclic) bond motifs is 3. The molecule has 4 aliphatic rings. The second kappa shape index (κ2) is 7.15. The van der Waals surface area contributed by atoms with Crippen LogP contribution in [0.3, 0.4) is 0 Å². The number of benzene rings is 1. The second-order valence-electron chi connectivity index (χ2n) is 8.31. The van der Waals surface area contributed by atoms with Crippen LogP contribution in [0.15, 0.2) is 30.4 Å². The summed E-state index contributed by atoms with van der Waals surface area (Å²) in [6.07, 6.45) is 7.84. The van der Waals surface area contributed by atoms with Gasteiger partial charge in [0, 0.05) is 32.1 Å². The van der Waals surface area contributed by atoms with Crippen LogP contribution in [0.5, 0.6) is 11.5 Å². The molecule has 1 aromatic carbocycles. The molecule has 2 fully saturated rings. The van der Waals surface area contributed by atoms with Gasteiger partial charge in [0.2, 0.25) is 18.6 Å². The van der Waals surface area contributed by atoms with Crippen molar-refractivity contribution in [1.82, 2.24) is 9.80 Å². The summed E-state index contributed by atoms with van der Waals surface area (Å²) in [6, 6.07) is 5.66. The SMILES string of the molecule is O=C(Cc1ccc2c(c1)OCO2)N1CCCN(C(=O)[C@@H]2C[C@@H]3C=C[C@H]2C3)CC1. The zero-order valence-electron chi connectivity index (χ0n) is 16.0. The van der Waals surface area contributed by atoms with E-state index >= 15 is 0 Å². The van der Waals surface area contributed by atoms with Crippen molar-refractivity contribution < 1.29 is 19.1 Å². The largest absolute Gasteiger partial charge is 0.454 e. The third kappa shape index (κ3) is 3.25. The average molecular weight is 382 g/mol. The zero-order chi connectivity index (χ0) is 19.1. The fourth-order valence-electron chi connectivity index (χ4n) is 5.02. The van der Waals surface area contributed by atoms with E-state index in [1.165, 1.54) is 0 Å². The van der Waals surface area contributed by atoms with Gasteiger partial charge in [0.1, 0.15) is 0 Å². The first-order valence-corrected chi connectivity index (χ1v) is 10.3. The van der Waals surface area contributed by atoms with Gasteiger partial charge in [-0.3, -0.25) is 9.59 Å². The Morgan fingerprint density at radius 1 is 0.964 bits per heavy atom. The molecule has 0 radical (unpaired) electrons. The summed E-state index contributed by atoms with van der Waals surface area (Å²) >= 11 is 0. The fraction of sp³-hybridized carbons (Fsp3) is 0.545. The molecular weight excluding hydrogens is 356 g/mol. The minimum Gasteiger partial charge on any atom is -0.454 e. The maximum Gasteiger partial charge on any atom is 0.231 e. The molecule has 5 rings (SSSR count). The van der Waals surface area contributed by atoms with Crippen molar-refractivity contribution in [3.63, 3.8) is 0 Å². The highest BCUT2D eigenvalue weighted by atomic mass is 16.7. The van der Waals surface area contributed by atoms with E-state index in [4.69, 9.17) is 9.47 Å². The number of amides is 2. The van der Waals surface area contributed by atoms with Crippen molar-refractivity contribution in [1.29, 1.82) is 0 Å². The fourth-order valence-corrected chi connectivity index (χ4v) is 5.02. The Morgan fingerprint density at radius 2 is 1.79 bits per heavy atom. The molecule has 0 spiro atoms. The van der Waals surface area contributed by atoms with Crippen LogP contribution in [0.4, 0.5) is 0 Å². The molecule has 1 aromatic rings. The number of nitrogens with zero attached hydrogens (tertiary/aromatic N) is 2. The van der Waals surface area contributed by atoms with E-state index in [0.29, 0.717) is 49.5 Å². The summed E-state index contributed by atoms with van der Waals surface area (Å²) in [6.45, 7) is 2.96. The van der Waals surface area contributed by atoms with Crippen LogP contribution in [-0.4, -0.2) is 54.6 Å². The quantitative estimate of drug-likeness (QED) is 0.753.